The van der Waals surface area contributed by atoms with Crippen LogP contribution in [-0.2, 0) is 9.46 Å². The summed E-state index contributed by atoms with van der Waals surface area (Å²) in [5.41, 5.74) is 1.36. The maximum Gasteiger partial charge on any atom is 0.363 e. The average Bonchev–Trinajstić information content (AvgIpc) is 2.61. The molecule has 0 aliphatic heterocycles. The third kappa shape index (κ3) is 2.84. The minimum Gasteiger partial charge on any atom is -0.810 e. The van der Waals surface area contributed by atoms with Crippen LogP contribution in [0, 0.1) is 0 Å². The molecule has 0 radical (unpaired) electrons. The lowest BCUT2D eigenvalue weighted by Crippen LogP contribution is -2.19. The number of hydrogen-bond donors (Lipinski definition) is 0. The average molecular weight is 306 g/mol. The molecule has 0 fully saturated rings. The summed E-state index contributed by atoms with van der Waals surface area (Å²) in [5, 5.41) is 13.5. The van der Waals surface area contributed by atoms with Crippen molar-refractivity contribution >= 4 is 23.3 Å². The van der Waals surface area contributed by atoms with Crippen LogP contribution in [0.2, 0.25) is 0 Å². The van der Waals surface area contributed by atoms with E-state index in [0.717, 1.165) is 5.39 Å². The Labute approximate surface area is 133 Å². The maximum absolute atomic E-state index is 12.8. The van der Waals surface area contributed by atoms with E-state index in [9.17, 15) is 9.90 Å². The molecule has 0 bridgehead atoms. The Balaban J connectivity index is 2.21. The van der Waals surface area contributed by atoms with Gasteiger partial charge in [-0.1, -0.05) is 66.7 Å². The summed E-state index contributed by atoms with van der Waals surface area (Å²) in [6, 6.07) is 19.5. The van der Waals surface area contributed by atoms with Crippen molar-refractivity contribution in [3.8, 4) is 0 Å². The summed E-state index contributed by atoms with van der Waals surface area (Å²) in [5.74, 6) is -0.147. The van der Waals surface area contributed by atoms with Crippen molar-refractivity contribution in [2.24, 2.45) is 0 Å². The molecule has 114 valence electrons. The van der Waals surface area contributed by atoms with Crippen molar-refractivity contribution in [2.75, 3.05) is 0 Å². The van der Waals surface area contributed by atoms with Gasteiger partial charge in [-0.25, -0.2) is 0 Å². The van der Waals surface area contributed by atoms with Crippen molar-refractivity contribution in [3.05, 3.63) is 83.4 Å². The first-order chi connectivity index (χ1) is 11.2. The summed E-state index contributed by atoms with van der Waals surface area (Å²) in [6.07, 6.45) is -1.58. The summed E-state index contributed by atoms with van der Waals surface area (Å²) in [4.78, 5) is 17.4. The molecule has 0 saturated carbocycles. The van der Waals surface area contributed by atoms with Gasteiger partial charge in [-0.3, -0.25) is 4.79 Å². The van der Waals surface area contributed by atoms with Gasteiger partial charge in [-0.2, -0.15) is 0 Å². The number of benzene rings is 3. The monoisotopic (exact) mass is 306 g/mol. The van der Waals surface area contributed by atoms with Crippen molar-refractivity contribution in [2.45, 2.75) is 6.29 Å². The summed E-state index contributed by atoms with van der Waals surface area (Å²) in [7, 11) is 0. The number of carbonyl (C=O) groups excluding carboxylic acids is 2. The molecule has 0 saturated heterocycles. The zero-order chi connectivity index (χ0) is 16.2. The van der Waals surface area contributed by atoms with E-state index in [0.29, 0.717) is 22.1 Å². The molecular weight excluding hydrogens is 292 g/mol. The van der Waals surface area contributed by atoms with Gasteiger partial charge in [0.2, 0.25) is 0 Å². The first-order valence-electron chi connectivity index (χ1n) is 7.07. The third-order valence-corrected chi connectivity index (χ3v) is 3.63. The van der Waals surface area contributed by atoms with E-state index < -0.39 is 6.29 Å². The smallest absolute Gasteiger partial charge is 0.363 e. The van der Waals surface area contributed by atoms with E-state index in [1.165, 1.54) is 0 Å². The minimum absolute atomic E-state index is 0.147. The number of carbonyl (C=O) groups is 1. The summed E-state index contributed by atoms with van der Waals surface area (Å²) in [6.45, 7) is 3.05. The molecule has 1 unspecified atom stereocenters. The van der Waals surface area contributed by atoms with Gasteiger partial charge in [0.05, 0.1) is 0 Å². The van der Waals surface area contributed by atoms with E-state index in [4.69, 9.17) is 0 Å². The van der Waals surface area contributed by atoms with Crippen LogP contribution in [0.15, 0.2) is 66.7 Å². The van der Waals surface area contributed by atoms with E-state index in [1.807, 2.05) is 18.2 Å². The van der Waals surface area contributed by atoms with Crippen LogP contribution in [0.3, 0.4) is 0 Å². The van der Waals surface area contributed by atoms with Gasteiger partial charge in [-0.05, 0) is 16.3 Å². The molecular formula is C19H14O4. The first kappa shape index (κ1) is 14.9. The highest BCUT2D eigenvalue weighted by atomic mass is 17.2. The zero-order valence-electron chi connectivity index (χ0n) is 12.3. The Hall–Kier alpha value is -2.98. The molecule has 0 heterocycles. The summed E-state index contributed by atoms with van der Waals surface area (Å²) < 4.78 is 4.24. The van der Waals surface area contributed by atoms with E-state index in [1.54, 1.807) is 48.5 Å². The lowest BCUT2D eigenvalue weighted by molar-refractivity contribution is -0.812. The number of ketones is 1. The van der Waals surface area contributed by atoms with Crippen molar-refractivity contribution in [1.29, 1.82) is 0 Å². The molecule has 0 aliphatic carbocycles. The van der Waals surface area contributed by atoms with Crippen molar-refractivity contribution in [3.63, 3.8) is 0 Å². The van der Waals surface area contributed by atoms with Gasteiger partial charge in [0.1, 0.15) is 0 Å². The standard InChI is InChI=1S/C19H14O4/c1-22-23-19(21)16-12-6-10-13-9-5-11-15(17(13)16)18(20)14-7-3-2-4-8-14/h2-12,19H,1H2. The molecule has 0 spiro atoms. The van der Waals surface area contributed by atoms with E-state index in [-0.39, 0.29) is 5.78 Å². The molecule has 3 rings (SSSR count). The Morgan fingerprint density at radius 3 is 2.39 bits per heavy atom. The molecule has 3 aromatic carbocycles. The maximum atomic E-state index is 12.8. The van der Waals surface area contributed by atoms with Crippen LogP contribution in [0.25, 0.3) is 10.8 Å². The topological polar surface area (TPSA) is 60.7 Å². The Kier molecular flexibility index (Phi) is 4.17. The normalized spacial score (nSPS) is 11.9. The molecule has 3 aromatic rings. The molecule has 0 aromatic heterocycles. The van der Waals surface area contributed by atoms with Crippen LogP contribution in [-0.4, -0.2) is 12.6 Å². The van der Waals surface area contributed by atoms with Gasteiger partial charge in [0.25, 0.3) is 0 Å². The highest BCUT2D eigenvalue weighted by Gasteiger charge is 2.17. The number of fused-ring (bicyclic) bond motifs is 1. The van der Waals surface area contributed by atoms with E-state index >= 15 is 0 Å². The van der Waals surface area contributed by atoms with Crippen LogP contribution >= 0.6 is 0 Å². The van der Waals surface area contributed by atoms with Crippen molar-refractivity contribution in [1.82, 2.24) is 0 Å². The quantitative estimate of drug-likeness (QED) is 0.239. The molecule has 23 heavy (non-hydrogen) atoms. The molecule has 0 N–H and O–H groups in total. The Morgan fingerprint density at radius 1 is 1.00 bits per heavy atom. The third-order valence-electron chi connectivity index (χ3n) is 3.63. The second kappa shape index (κ2) is 6.42. The SMILES string of the molecule is C=[O+]OC([O-])c1cccc2cccc(C(=O)c3ccccc3)c12. The van der Waals surface area contributed by atoms with Crippen LogP contribution in [0.1, 0.15) is 27.8 Å². The summed E-state index contributed by atoms with van der Waals surface area (Å²) >= 11 is 0. The number of rotatable bonds is 5. The first-order valence-corrected chi connectivity index (χ1v) is 7.07. The van der Waals surface area contributed by atoms with Gasteiger partial charge >= 0.3 is 6.79 Å². The predicted molar refractivity (Wildman–Crippen MR) is 84.8 cm³/mol. The fourth-order valence-electron chi connectivity index (χ4n) is 2.61. The predicted octanol–water partition coefficient (Wildman–Crippen LogP) is 2.73. The lowest BCUT2D eigenvalue weighted by Gasteiger charge is -2.17. The van der Waals surface area contributed by atoms with Crippen LogP contribution < -0.4 is 5.11 Å². The lowest BCUT2D eigenvalue weighted by atomic mass is 9.94. The second-order valence-corrected chi connectivity index (χ2v) is 4.99. The second-order valence-electron chi connectivity index (χ2n) is 4.99. The Morgan fingerprint density at radius 2 is 1.70 bits per heavy atom. The highest BCUT2D eigenvalue weighted by Crippen LogP contribution is 2.28. The van der Waals surface area contributed by atoms with Gasteiger partial charge < -0.3 is 5.11 Å². The van der Waals surface area contributed by atoms with Crippen LogP contribution in [0.5, 0.6) is 0 Å². The molecule has 0 aliphatic rings. The van der Waals surface area contributed by atoms with Crippen molar-refractivity contribution < 1.29 is 19.4 Å². The van der Waals surface area contributed by atoms with E-state index in [2.05, 4.69) is 16.3 Å². The molecule has 0 amide bonds. The molecule has 1 atom stereocenters. The van der Waals surface area contributed by atoms with Gasteiger partial charge in [-0.15, -0.1) is 4.89 Å². The zero-order valence-corrected chi connectivity index (χ0v) is 12.3. The fourth-order valence-corrected chi connectivity index (χ4v) is 2.61. The minimum atomic E-state index is -1.58. The van der Waals surface area contributed by atoms with Gasteiger partial charge in [0.15, 0.2) is 12.1 Å². The Bertz CT molecular complexity index is 850. The number of hydrogen-bond acceptors (Lipinski definition) is 3. The highest BCUT2D eigenvalue weighted by molar-refractivity contribution is 6.17. The molecule has 4 nitrogen and oxygen atoms in total. The largest absolute Gasteiger partial charge is 0.810 e. The van der Waals surface area contributed by atoms with Gasteiger partial charge in [0, 0.05) is 15.7 Å². The molecule has 4 heteroatoms. The fraction of sp³-hybridized carbons (Fsp3) is 0.0526. The van der Waals surface area contributed by atoms with Crippen LogP contribution in [0.4, 0.5) is 0 Å².